The van der Waals surface area contributed by atoms with Crippen LogP contribution in [0.4, 0.5) is 5.95 Å². The van der Waals surface area contributed by atoms with Crippen molar-refractivity contribution in [2.75, 3.05) is 11.2 Å². The molecule has 0 saturated carbocycles. The molecule has 1 aromatic heterocycles. The van der Waals surface area contributed by atoms with Gasteiger partial charge < -0.3 is 10.1 Å². The van der Waals surface area contributed by atoms with Gasteiger partial charge >= 0.3 is 0 Å². The summed E-state index contributed by atoms with van der Waals surface area (Å²) in [4.78, 5) is 8.54. The number of halogens is 1. The molecule has 1 heterocycles. The highest BCUT2D eigenvalue weighted by Gasteiger charge is 2.14. The van der Waals surface area contributed by atoms with Crippen molar-refractivity contribution in [1.82, 2.24) is 9.97 Å². The van der Waals surface area contributed by atoms with Crippen molar-refractivity contribution in [3.8, 4) is 5.88 Å². The van der Waals surface area contributed by atoms with Crippen molar-refractivity contribution >= 4 is 17.5 Å². The quantitative estimate of drug-likeness (QED) is 0.773. The van der Waals surface area contributed by atoms with Gasteiger partial charge in [0.05, 0.1) is 6.10 Å². The largest absolute Gasteiger partial charge is 0.475 e. The highest BCUT2D eigenvalue weighted by atomic mass is 35.5. The van der Waals surface area contributed by atoms with Crippen LogP contribution in [-0.4, -0.2) is 28.0 Å². The molecule has 1 N–H and O–H groups in total. The summed E-state index contributed by atoms with van der Waals surface area (Å²) < 4.78 is 5.54. The number of nitrogens with zero attached hydrogens (tertiary/aromatic N) is 2. The normalized spacial score (nSPS) is 12.8. The van der Waals surface area contributed by atoms with Crippen molar-refractivity contribution in [2.45, 2.75) is 46.3 Å². The third-order valence-corrected chi connectivity index (χ3v) is 2.74. The molecule has 0 aliphatic carbocycles. The average Bonchev–Trinajstić information content (AvgIpc) is 2.28. The molecule has 0 fully saturated rings. The molecule has 1 rings (SSSR count). The molecule has 0 spiro atoms. The summed E-state index contributed by atoms with van der Waals surface area (Å²) in [6.45, 7) is 8.25. The molecule has 0 saturated heterocycles. The Kier molecular flexibility index (Phi) is 6.19. The SMILES string of the molecule is CC(C)Oc1ccnc(NC(CCCl)C(C)C)n1. The minimum absolute atomic E-state index is 0.108. The number of hydrogen-bond acceptors (Lipinski definition) is 4. The molecule has 0 radical (unpaired) electrons. The van der Waals surface area contributed by atoms with Crippen molar-refractivity contribution < 1.29 is 4.74 Å². The van der Waals surface area contributed by atoms with Gasteiger partial charge in [0.15, 0.2) is 0 Å². The fourth-order valence-electron chi connectivity index (χ4n) is 1.57. The van der Waals surface area contributed by atoms with E-state index in [0.29, 0.717) is 23.6 Å². The topological polar surface area (TPSA) is 47.0 Å². The predicted octanol–water partition coefficient (Wildman–Crippen LogP) is 3.33. The van der Waals surface area contributed by atoms with Gasteiger partial charge in [0, 0.05) is 24.2 Å². The smallest absolute Gasteiger partial charge is 0.226 e. The number of aromatic nitrogens is 2. The van der Waals surface area contributed by atoms with Gasteiger partial charge in [-0.1, -0.05) is 13.8 Å². The zero-order valence-electron chi connectivity index (χ0n) is 11.5. The van der Waals surface area contributed by atoms with Crippen LogP contribution in [0.15, 0.2) is 12.3 Å². The first-order valence-corrected chi connectivity index (χ1v) is 6.88. The predicted molar refractivity (Wildman–Crippen MR) is 75.4 cm³/mol. The van der Waals surface area contributed by atoms with Crippen LogP contribution in [0.2, 0.25) is 0 Å². The van der Waals surface area contributed by atoms with Gasteiger partial charge in [-0.05, 0) is 26.2 Å². The van der Waals surface area contributed by atoms with E-state index in [4.69, 9.17) is 16.3 Å². The Labute approximate surface area is 114 Å². The minimum Gasteiger partial charge on any atom is -0.475 e. The summed E-state index contributed by atoms with van der Waals surface area (Å²) in [5.41, 5.74) is 0. The molecule has 4 nitrogen and oxygen atoms in total. The Balaban J connectivity index is 2.70. The van der Waals surface area contributed by atoms with Crippen LogP contribution in [0.3, 0.4) is 0 Å². The van der Waals surface area contributed by atoms with Gasteiger partial charge in [0.25, 0.3) is 0 Å². The summed E-state index contributed by atoms with van der Waals surface area (Å²) >= 11 is 5.80. The Morgan fingerprint density at radius 2 is 2.06 bits per heavy atom. The Morgan fingerprint density at radius 3 is 2.61 bits per heavy atom. The third kappa shape index (κ3) is 5.08. The van der Waals surface area contributed by atoms with E-state index in [0.717, 1.165) is 6.42 Å². The van der Waals surface area contributed by atoms with E-state index in [9.17, 15) is 0 Å². The second-order valence-corrected chi connectivity index (χ2v) is 5.24. The summed E-state index contributed by atoms with van der Waals surface area (Å²) in [6, 6.07) is 2.04. The first-order valence-electron chi connectivity index (χ1n) is 6.35. The van der Waals surface area contributed by atoms with Crippen LogP contribution in [0.25, 0.3) is 0 Å². The lowest BCUT2D eigenvalue weighted by atomic mass is 10.0. The van der Waals surface area contributed by atoms with Crippen molar-refractivity contribution in [3.63, 3.8) is 0 Å². The Hall–Kier alpha value is -1.03. The molecule has 102 valence electrons. The monoisotopic (exact) mass is 271 g/mol. The van der Waals surface area contributed by atoms with Gasteiger partial charge in [-0.25, -0.2) is 4.98 Å². The van der Waals surface area contributed by atoms with Gasteiger partial charge in [0.1, 0.15) is 0 Å². The summed E-state index contributed by atoms with van der Waals surface area (Å²) in [6.07, 6.45) is 2.69. The molecular weight excluding hydrogens is 250 g/mol. The summed E-state index contributed by atoms with van der Waals surface area (Å²) in [7, 11) is 0. The summed E-state index contributed by atoms with van der Waals surface area (Å²) in [5, 5.41) is 3.31. The third-order valence-electron chi connectivity index (χ3n) is 2.53. The lowest BCUT2D eigenvalue weighted by Gasteiger charge is -2.21. The number of ether oxygens (including phenoxy) is 1. The standard InChI is InChI=1S/C13H22ClN3O/c1-9(2)11(5-7-14)16-13-15-8-6-12(17-13)18-10(3)4/h6,8-11H,5,7H2,1-4H3,(H,15,16,17). The number of anilines is 1. The molecule has 0 aliphatic rings. The second kappa shape index (κ2) is 7.41. The van der Waals surface area contributed by atoms with Gasteiger partial charge in [0.2, 0.25) is 11.8 Å². The van der Waals surface area contributed by atoms with Crippen molar-refractivity contribution in [3.05, 3.63) is 12.3 Å². The van der Waals surface area contributed by atoms with Crippen molar-refractivity contribution in [1.29, 1.82) is 0 Å². The highest BCUT2D eigenvalue weighted by molar-refractivity contribution is 6.17. The number of rotatable bonds is 7. The van der Waals surface area contributed by atoms with E-state index in [-0.39, 0.29) is 12.1 Å². The van der Waals surface area contributed by atoms with Crippen LogP contribution in [0.1, 0.15) is 34.1 Å². The number of nitrogens with one attached hydrogen (secondary N) is 1. The summed E-state index contributed by atoms with van der Waals surface area (Å²) in [5.74, 6) is 2.28. The van der Waals surface area contributed by atoms with E-state index in [1.54, 1.807) is 12.3 Å². The van der Waals surface area contributed by atoms with E-state index in [2.05, 4.69) is 29.1 Å². The molecule has 1 unspecified atom stereocenters. The fourth-order valence-corrected chi connectivity index (χ4v) is 1.81. The van der Waals surface area contributed by atoms with Gasteiger partial charge in [-0.2, -0.15) is 4.98 Å². The number of hydrogen-bond donors (Lipinski definition) is 1. The van der Waals surface area contributed by atoms with Gasteiger partial charge in [-0.15, -0.1) is 11.6 Å². The molecule has 0 aromatic carbocycles. The molecule has 1 aromatic rings. The molecule has 0 aliphatic heterocycles. The first-order chi connectivity index (χ1) is 8.52. The second-order valence-electron chi connectivity index (χ2n) is 4.86. The Morgan fingerprint density at radius 1 is 1.33 bits per heavy atom. The highest BCUT2D eigenvalue weighted by Crippen LogP contribution is 2.15. The lowest BCUT2D eigenvalue weighted by molar-refractivity contribution is 0.232. The van der Waals surface area contributed by atoms with Crippen molar-refractivity contribution in [2.24, 2.45) is 5.92 Å². The van der Waals surface area contributed by atoms with Crippen LogP contribution in [0, 0.1) is 5.92 Å². The average molecular weight is 272 g/mol. The lowest BCUT2D eigenvalue weighted by Crippen LogP contribution is -2.27. The molecule has 0 bridgehead atoms. The first kappa shape index (κ1) is 15.0. The molecule has 5 heteroatoms. The van der Waals surface area contributed by atoms with Crippen LogP contribution in [0.5, 0.6) is 5.88 Å². The van der Waals surface area contributed by atoms with Crippen LogP contribution in [-0.2, 0) is 0 Å². The van der Waals surface area contributed by atoms with Crippen LogP contribution >= 0.6 is 11.6 Å². The number of alkyl halides is 1. The maximum absolute atomic E-state index is 5.80. The molecule has 18 heavy (non-hydrogen) atoms. The minimum atomic E-state index is 0.108. The van der Waals surface area contributed by atoms with E-state index >= 15 is 0 Å². The fraction of sp³-hybridized carbons (Fsp3) is 0.692. The molecule has 1 atom stereocenters. The zero-order chi connectivity index (χ0) is 13.5. The maximum Gasteiger partial charge on any atom is 0.226 e. The Bertz CT molecular complexity index is 358. The van der Waals surface area contributed by atoms with E-state index in [1.807, 2.05) is 13.8 Å². The van der Waals surface area contributed by atoms with E-state index in [1.165, 1.54) is 0 Å². The van der Waals surface area contributed by atoms with Crippen LogP contribution < -0.4 is 10.1 Å². The zero-order valence-corrected chi connectivity index (χ0v) is 12.2. The molecular formula is C13H22ClN3O. The van der Waals surface area contributed by atoms with Gasteiger partial charge in [-0.3, -0.25) is 0 Å². The maximum atomic E-state index is 5.80. The van der Waals surface area contributed by atoms with E-state index < -0.39 is 0 Å². The molecule has 0 amide bonds.